The minimum absolute atomic E-state index is 0. The average molecular weight is 1260 g/mol. The predicted molar refractivity (Wildman–Crippen MR) is 386 cm³/mol. The Morgan fingerprint density at radius 3 is 1.29 bits per heavy atom. The Kier molecular flexibility index (Phi) is 19.5. The highest BCUT2D eigenvalue weighted by Crippen LogP contribution is 2.38. The van der Waals surface area contributed by atoms with Gasteiger partial charge < -0.3 is 20.5 Å². The molecule has 2 fully saturated rings. The van der Waals surface area contributed by atoms with Gasteiger partial charge in [-0.3, -0.25) is 19.4 Å². The highest BCUT2D eigenvalue weighted by atomic mass is 16.5. The van der Waals surface area contributed by atoms with E-state index in [4.69, 9.17) is 19.7 Å². The number of imidazole rings is 1. The number of hydrogen-bond acceptors (Lipinski definition) is 13. The first-order chi connectivity index (χ1) is 44.8. The fourth-order valence-corrected chi connectivity index (χ4v) is 12.9. The number of benzene rings is 6. The van der Waals surface area contributed by atoms with Crippen molar-refractivity contribution in [3.05, 3.63) is 255 Å². The van der Waals surface area contributed by atoms with Crippen molar-refractivity contribution in [3.63, 3.8) is 0 Å². The second-order valence-electron chi connectivity index (χ2n) is 23.4. The summed E-state index contributed by atoms with van der Waals surface area (Å²) in [7, 11) is 1.82. The molecule has 16 heteroatoms. The van der Waals surface area contributed by atoms with Crippen molar-refractivity contribution in [1.29, 1.82) is 0 Å². The smallest absolute Gasteiger partial charge is 0.164 e. The molecular weight excluding hydrogens is 1180 g/mol. The van der Waals surface area contributed by atoms with Gasteiger partial charge in [-0.2, -0.15) is 10.2 Å². The molecule has 0 spiro atoms. The summed E-state index contributed by atoms with van der Waals surface area (Å²) in [6, 6.07) is 55.7. The number of aromatic nitrogens is 12. The first kappa shape index (κ1) is 65.7. The lowest BCUT2D eigenvalue weighted by Gasteiger charge is -2.37. The summed E-state index contributed by atoms with van der Waals surface area (Å²) in [6.45, 7) is 5.72. The van der Waals surface area contributed by atoms with Gasteiger partial charge in [0.2, 0.25) is 0 Å². The zero-order chi connectivity index (χ0) is 61.3. The van der Waals surface area contributed by atoms with Crippen LogP contribution < -0.4 is 10.6 Å². The third-order valence-electron chi connectivity index (χ3n) is 18.0. The summed E-state index contributed by atoms with van der Waals surface area (Å²) in [5, 5.41) is 30.1. The number of aryl methyl sites for hydroxylation is 1. The minimum atomic E-state index is -0.740. The van der Waals surface area contributed by atoms with Crippen LogP contribution in [0.1, 0.15) is 72.1 Å². The highest BCUT2D eigenvalue weighted by molar-refractivity contribution is 5.99. The number of pyridine rings is 3. The van der Waals surface area contributed by atoms with Crippen LogP contribution in [0.15, 0.2) is 238 Å². The number of fused-ring (bicyclic) bond motifs is 6. The molecule has 0 amide bonds. The topological polar surface area (TPSA) is 183 Å². The Morgan fingerprint density at radius 2 is 0.811 bits per heavy atom. The molecule has 95 heavy (non-hydrogen) atoms. The SMILES string of the molecule is C.C.C.C.COC1(c2ccc(-c3cnc4c(-c5ccnc6ccccc56)cnn4c3)cc2)CCNCC1.Cc1ccc(-c2cnc3c(-c4ccnc5ccccc45)ncn3c2)cc1.OC1(c2ccc(-c3cnc4c(-c5ccnc6ccccc56)cnn4c3)cc2)CCNCC1. The Hall–Kier alpha value is -10.8. The van der Waals surface area contributed by atoms with Gasteiger partial charge in [-0.05, 0) is 134 Å². The molecule has 9 aromatic heterocycles. The average Bonchev–Trinajstić information content (AvgIpc) is 1.74. The van der Waals surface area contributed by atoms with E-state index in [2.05, 4.69) is 133 Å². The van der Waals surface area contributed by atoms with Crippen LogP contribution in [0, 0.1) is 6.92 Å². The number of rotatable bonds is 9. The Morgan fingerprint density at radius 1 is 0.400 bits per heavy atom. The third kappa shape index (κ3) is 12.8. The second-order valence-corrected chi connectivity index (χ2v) is 23.4. The van der Waals surface area contributed by atoms with Gasteiger partial charge >= 0.3 is 0 Å². The summed E-state index contributed by atoms with van der Waals surface area (Å²) in [6.07, 6.45) is 26.3. The maximum atomic E-state index is 11.0. The van der Waals surface area contributed by atoms with Crippen LogP contribution in [-0.2, 0) is 15.9 Å². The zero-order valence-electron chi connectivity index (χ0n) is 50.4. The molecule has 15 aromatic rings. The van der Waals surface area contributed by atoms with Crippen molar-refractivity contribution >= 4 is 49.7 Å². The lowest BCUT2D eigenvalue weighted by atomic mass is 9.84. The van der Waals surface area contributed by atoms with Crippen LogP contribution in [0.4, 0.5) is 0 Å². The lowest BCUT2D eigenvalue weighted by Crippen LogP contribution is -2.41. The molecule has 2 aliphatic heterocycles. The van der Waals surface area contributed by atoms with Crippen LogP contribution in [-0.4, -0.2) is 96.9 Å². The van der Waals surface area contributed by atoms with E-state index in [0.29, 0.717) is 0 Å². The molecule has 0 atom stereocenters. The van der Waals surface area contributed by atoms with Gasteiger partial charge in [-0.15, -0.1) is 0 Å². The molecule has 0 bridgehead atoms. The van der Waals surface area contributed by atoms with E-state index in [1.54, 1.807) is 0 Å². The van der Waals surface area contributed by atoms with Crippen LogP contribution in [0.25, 0.3) is 117 Å². The van der Waals surface area contributed by atoms with E-state index in [9.17, 15) is 5.11 Å². The van der Waals surface area contributed by atoms with Gasteiger partial charge in [0, 0.05) is 112 Å². The molecule has 11 heterocycles. The molecule has 0 radical (unpaired) electrons. The summed E-state index contributed by atoms with van der Waals surface area (Å²) in [5.41, 5.74) is 20.3. The van der Waals surface area contributed by atoms with Crippen LogP contribution >= 0.6 is 0 Å². The van der Waals surface area contributed by atoms with E-state index in [1.807, 2.05) is 174 Å². The van der Waals surface area contributed by atoms with Crippen LogP contribution in [0.5, 0.6) is 0 Å². The Balaban J connectivity index is 0.000000143. The van der Waals surface area contributed by atoms with E-state index in [-0.39, 0.29) is 35.3 Å². The largest absolute Gasteiger partial charge is 0.385 e. The number of methoxy groups -OCH3 is 1. The van der Waals surface area contributed by atoms with Crippen molar-refractivity contribution < 1.29 is 9.84 Å². The molecule has 6 aromatic carbocycles. The number of para-hydroxylation sites is 3. The number of piperidine rings is 2. The molecule has 0 saturated carbocycles. The van der Waals surface area contributed by atoms with Crippen molar-refractivity contribution in [2.24, 2.45) is 0 Å². The van der Waals surface area contributed by atoms with E-state index in [0.717, 1.165) is 174 Å². The zero-order valence-corrected chi connectivity index (χ0v) is 50.4. The standard InChI is InChI=1S/C27H25N5O.C26H23N5O.C22H16N4.4CH4/c1-33-27(11-14-28-15-12-27)21-8-6-19(7-9-21)20-16-30-26-24(17-31-32(26)18-20)22-10-13-29-25-5-3-2-4-23(22)25;32-26(10-13-27-14-11-26)20-7-5-18(6-8-20)19-15-29-25-23(16-30-31(25)17-19)21-9-12-28-24-4-2-1-3-22(21)24;1-15-6-8-16(9-7-15)17-12-24-22-21(25-14-26(22)13-17)19-10-11-23-20-5-3-2-4-18(19)20;;;;/h2-10,13,16-18,28H,11-12,14-15H2,1H3;1-9,12,15-17,27,32H,10-11,13-14H2;2-14H,1H3;4*1H4. The van der Waals surface area contributed by atoms with Crippen molar-refractivity contribution in [1.82, 2.24) is 69.2 Å². The fourth-order valence-electron chi connectivity index (χ4n) is 12.9. The van der Waals surface area contributed by atoms with E-state index >= 15 is 0 Å². The van der Waals surface area contributed by atoms with Crippen LogP contribution in [0.3, 0.4) is 0 Å². The number of nitrogens with one attached hydrogen (secondary N) is 2. The normalized spacial score (nSPS) is 13.9. The Labute approximate surface area is 554 Å². The first-order valence-corrected chi connectivity index (χ1v) is 30.8. The lowest BCUT2D eigenvalue weighted by molar-refractivity contribution is -0.0391. The third-order valence-corrected chi connectivity index (χ3v) is 18.0. The second kappa shape index (κ2) is 28.2. The highest BCUT2D eigenvalue weighted by Gasteiger charge is 2.34. The van der Waals surface area contributed by atoms with Crippen molar-refractivity contribution in [3.8, 4) is 66.9 Å². The van der Waals surface area contributed by atoms with E-state index < -0.39 is 5.60 Å². The summed E-state index contributed by atoms with van der Waals surface area (Å²) < 4.78 is 11.6. The molecular formula is C79H80N14O2. The van der Waals surface area contributed by atoms with Crippen LogP contribution in [0.2, 0.25) is 0 Å². The van der Waals surface area contributed by atoms with Gasteiger partial charge in [0.05, 0.1) is 40.1 Å². The van der Waals surface area contributed by atoms with Gasteiger partial charge in [0.1, 0.15) is 12.0 Å². The predicted octanol–water partition coefficient (Wildman–Crippen LogP) is 16.5. The summed E-state index contributed by atoms with van der Waals surface area (Å²) in [4.78, 5) is 32.3. The van der Waals surface area contributed by atoms with Gasteiger partial charge in [-0.1, -0.05) is 163 Å². The molecule has 478 valence electrons. The maximum Gasteiger partial charge on any atom is 0.164 e. The summed E-state index contributed by atoms with van der Waals surface area (Å²) >= 11 is 0. The number of hydrogen-bond donors (Lipinski definition) is 3. The van der Waals surface area contributed by atoms with Gasteiger partial charge in [0.15, 0.2) is 16.9 Å². The van der Waals surface area contributed by atoms with Gasteiger partial charge in [-0.25, -0.2) is 29.0 Å². The van der Waals surface area contributed by atoms with Crippen molar-refractivity contribution in [2.45, 2.75) is 73.5 Å². The number of nitrogens with zero attached hydrogens (tertiary/aromatic N) is 12. The molecule has 16 nitrogen and oxygen atoms in total. The molecule has 0 unspecified atom stereocenters. The minimum Gasteiger partial charge on any atom is -0.385 e. The molecule has 2 aliphatic rings. The molecule has 0 aliphatic carbocycles. The molecule has 3 N–H and O–H groups in total. The first-order valence-electron chi connectivity index (χ1n) is 30.8. The monoisotopic (exact) mass is 1260 g/mol. The maximum absolute atomic E-state index is 11.0. The quantitative estimate of drug-likeness (QED) is 0.124. The molecule has 2 saturated heterocycles. The van der Waals surface area contributed by atoms with Gasteiger partial charge in [0.25, 0.3) is 0 Å². The van der Waals surface area contributed by atoms with E-state index in [1.165, 1.54) is 11.1 Å². The fraction of sp³-hybridized carbons (Fsp3) is 0.203. The molecule has 17 rings (SSSR count). The summed E-state index contributed by atoms with van der Waals surface area (Å²) in [5.74, 6) is 0. The van der Waals surface area contributed by atoms with Crippen molar-refractivity contribution in [2.75, 3.05) is 33.3 Å². The number of ether oxygens (including phenoxy) is 1. The Bertz CT molecular complexity index is 5090. The number of aliphatic hydroxyl groups is 1.